The molecule has 0 fully saturated rings. The maximum Gasteiger partial charge on any atom is 0.573 e. The van der Waals surface area contributed by atoms with E-state index in [1.165, 1.54) is 12.3 Å². The number of aliphatic carboxylic acids is 1. The molecule has 0 radical (unpaired) electrons. The number of carboxylic acid groups (broad SMARTS) is 1. The van der Waals surface area contributed by atoms with E-state index in [0.717, 1.165) is 17.7 Å². The van der Waals surface area contributed by atoms with Gasteiger partial charge in [-0.15, -0.1) is 13.2 Å². The summed E-state index contributed by atoms with van der Waals surface area (Å²) in [6, 6.07) is 6.79. The average molecular weight is 392 g/mol. The highest BCUT2D eigenvalue weighted by Crippen LogP contribution is 2.31. The number of rotatable bonds is 6. The van der Waals surface area contributed by atoms with Crippen LogP contribution in [0.2, 0.25) is 0 Å². The summed E-state index contributed by atoms with van der Waals surface area (Å²) in [5.41, 5.74) is 1.35. The van der Waals surface area contributed by atoms with Crippen LogP contribution in [-0.4, -0.2) is 33.2 Å². The Balaban J connectivity index is 2.12. The molecular formula is C19H15F3N2O4. The first kappa shape index (κ1) is 19.4. The summed E-state index contributed by atoms with van der Waals surface area (Å²) < 4.78 is 41.4. The summed E-state index contributed by atoms with van der Waals surface area (Å²) in [6.45, 7) is 1.91. The standard InChI is InChI=1S/C19H15F3N2O4/c1-2-10-5-6-23-15(7-10)18(27)17-13(9-16(25)26)12-8-11(28-19(20,21)22)3-4-14(12)24-17/h3-8,24H,2,9H2,1H3,(H,25,26). The third-order valence-corrected chi connectivity index (χ3v) is 4.13. The maximum atomic E-state index is 12.9. The number of alkyl halides is 3. The van der Waals surface area contributed by atoms with Crippen LogP contribution >= 0.6 is 0 Å². The molecule has 3 rings (SSSR count). The van der Waals surface area contributed by atoms with E-state index in [1.807, 2.05) is 6.92 Å². The van der Waals surface area contributed by atoms with Crippen LogP contribution in [0.15, 0.2) is 36.5 Å². The summed E-state index contributed by atoms with van der Waals surface area (Å²) in [5.74, 6) is -2.27. The van der Waals surface area contributed by atoms with Crippen LogP contribution in [0, 0.1) is 0 Å². The number of carboxylic acids is 1. The van der Waals surface area contributed by atoms with Gasteiger partial charge in [0.2, 0.25) is 5.78 Å². The predicted octanol–water partition coefficient (Wildman–Crippen LogP) is 3.88. The molecule has 0 bridgehead atoms. The number of nitrogens with zero attached hydrogens (tertiary/aromatic N) is 1. The van der Waals surface area contributed by atoms with E-state index in [-0.39, 0.29) is 22.3 Å². The van der Waals surface area contributed by atoms with Gasteiger partial charge in [-0.1, -0.05) is 6.92 Å². The molecule has 0 saturated heterocycles. The van der Waals surface area contributed by atoms with E-state index in [1.54, 1.807) is 12.1 Å². The summed E-state index contributed by atoms with van der Waals surface area (Å²) in [4.78, 5) is 31.0. The lowest BCUT2D eigenvalue weighted by molar-refractivity contribution is -0.274. The second kappa shape index (κ2) is 7.34. The Bertz CT molecular complexity index is 1060. The van der Waals surface area contributed by atoms with Gasteiger partial charge >= 0.3 is 12.3 Å². The molecule has 0 unspecified atom stereocenters. The van der Waals surface area contributed by atoms with Gasteiger partial charge in [0.25, 0.3) is 0 Å². The van der Waals surface area contributed by atoms with Crippen LogP contribution in [0.4, 0.5) is 13.2 Å². The Morgan fingerprint density at radius 3 is 2.61 bits per heavy atom. The number of ketones is 1. The van der Waals surface area contributed by atoms with E-state index in [0.29, 0.717) is 11.9 Å². The van der Waals surface area contributed by atoms with Gasteiger partial charge in [0.1, 0.15) is 11.4 Å². The smallest absolute Gasteiger partial charge is 0.481 e. The molecule has 146 valence electrons. The lowest BCUT2D eigenvalue weighted by Gasteiger charge is -2.08. The topological polar surface area (TPSA) is 92.3 Å². The zero-order valence-electron chi connectivity index (χ0n) is 14.6. The Morgan fingerprint density at radius 1 is 1.21 bits per heavy atom. The van der Waals surface area contributed by atoms with Gasteiger partial charge < -0.3 is 14.8 Å². The minimum atomic E-state index is -4.89. The van der Waals surface area contributed by atoms with Crippen molar-refractivity contribution in [1.82, 2.24) is 9.97 Å². The highest BCUT2D eigenvalue weighted by atomic mass is 19.4. The quantitative estimate of drug-likeness (QED) is 0.621. The molecule has 0 spiro atoms. The summed E-state index contributed by atoms with van der Waals surface area (Å²) in [6.07, 6.45) is -3.29. The fourth-order valence-corrected chi connectivity index (χ4v) is 2.90. The SMILES string of the molecule is CCc1ccnc(C(=O)c2[nH]c3ccc(OC(F)(F)F)cc3c2CC(=O)O)c1. The van der Waals surface area contributed by atoms with E-state index in [2.05, 4.69) is 14.7 Å². The van der Waals surface area contributed by atoms with Crippen molar-refractivity contribution in [1.29, 1.82) is 0 Å². The Hall–Kier alpha value is -3.36. The van der Waals surface area contributed by atoms with Crippen molar-refractivity contribution in [3.63, 3.8) is 0 Å². The second-order valence-electron chi connectivity index (χ2n) is 6.04. The zero-order valence-corrected chi connectivity index (χ0v) is 14.6. The molecule has 0 atom stereocenters. The zero-order chi connectivity index (χ0) is 20.5. The van der Waals surface area contributed by atoms with Crippen molar-refractivity contribution < 1.29 is 32.6 Å². The second-order valence-corrected chi connectivity index (χ2v) is 6.04. The number of aromatic nitrogens is 2. The molecule has 0 saturated carbocycles. The molecule has 0 amide bonds. The Morgan fingerprint density at radius 2 is 1.96 bits per heavy atom. The van der Waals surface area contributed by atoms with Crippen molar-refractivity contribution in [2.45, 2.75) is 26.1 Å². The number of carbonyl (C=O) groups is 2. The van der Waals surface area contributed by atoms with Gasteiger partial charge in [0.15, 0.2) is 0 Å². The number of nitrogens with one attached hydrogen (secondary N) is 1. The van der Waals surface area contributed by atoms with Gasteiger partial charge in [-0.05, 0) is 42.3 Å². The fraction of sp³-hybridized carbons (Fsp3) is 0.211. The van der Waals surface area contributed by atoms with Gasteiger partial charge in [0, 0.05) is 22.7 Å². The first-order chi connectivity index (χ1) is 13.2. The van der Waals surface area contributed by atoms with E-state index < -0.39 is 30.3 Å². The van der Waals surface area contributed by atoms with Crippen LogP contribution in [0.3, 0.4) is 0 Å². The number of hydrogen-bond acceptors (Lipinski definition) is 4. The molecule has 2 heterocycles. The number of halogens is 3. The van der Waals surface area contributed by atoms with Crippen LogP contribution < -0.4 is 4.74 Å². The van der Waals surface area contributed by atoms with Gasteiger partial charge in [-0.25, -0.2) is 0 Å². The third-order valence-electron chi connectivity index (χ3n) is 4.13. The van der Waals surface area contributed by atoms with Crippen molar-refractivity contribution in [3.05, 3.63) is 59.0 Å². The van der Waals surface area contributed by atoms with Crippen LogP contribution in [-0.2, 0) is 17.6 Å². The Labute approximate surface area is 157 Å². The minimum Gasteiger partial charge on any atom is -0.481 e. The molecule has 3 aromatic rings. The molecule has 0 aliphatic heterocycles. The number of hydrogen-bond donors (Lipinski definition) is 2. The number of H-pyrrole nitrogens is 1. The molecule has 9 heteroatoms. The number of carbonyl (C=O) groups excluding carboxylic acids is 1. The number of pyridine rings is 1. The number of aromatic amines is 1. The van der Waals surface area contributed by atoms with Crippen molar-refractivity contribution >= 4 is 22.7 Å². The monoisotopic (exact) mass is 392 g/mol. The van der Waals surface area contributed by atoms with Gasteiger partial charge in [-0.2, -0.15) is 0 Å². The normalized spacial score (nSPS) is 11.6. The molecule has 28 heavy (non-hydrogen) atoms. The fourth-order valence-electron chi connectivity index (χ4n) is 2.90. The van der Waals surface area contributed by atoms with Gasteiger partial charge in [0.05, 0.1) is 12.1 Å². The number of aryl methyl sites for hydroxylation is 1. The molecule has 6 nitrogen and oxygen atoms in total. The van der Waals surface area contributed by atoms with Crippen LogP contribution in [0.5, 0.6) is 5.75 Å². The van der Waals surface area contributed by atoms with Crippen molar-refractivity contribution in [3.8, 4) is 5.75 Å². The van der Waals surface area contributed by atoms with E-state index in [4.69, 9.17) is 0 Å². The highest BCUT2D eigenvalue weighted by Gasteiger charge is 2.31. The number of ether oxygens (including phenoxy) is 1. The van der Waals surface area contributed by atoms with Gasteiger partial charge in [-0.3, -0.25) is 14.6 Å². The van der Waals surface area contributed by atoms with Crippen LogP contribution in [0.25, 0.3) is 10.9 Å². The largest absolute Gasteiger partial charge is 0.573 e. The number of fused-ring (bicyclic) bond motifs is 1. The highest BCUT2D eigenvalue weighted by molar-refractivity contribution is 6.11. The molecule has 2 aromatic heterocycles. The van der Waals surface area contributed by atoms with E-state index in [9.17, 15) is 27.9 Å². The molecule has 0 aliphatic carbocycles. The molecule has 2 N–H and O–H groups in total. The molecule has 0 aliphatic rings. The summed E-state index contributed by atoms with van der Waals surface area (Å²) >= 11 is 0. The van der Waals surface area contributed by atoms with Crippen molar-refractivity contribution in [2.75, 3.05) is 0 Å². The summed E-state index contributed by atoms with van der Waals surface area (Å²) in [7, 11) is 0. The minimum absolute atomic E-state index is 0.0256. The first-order valence-corrected chi connectivity index (χ1v) is 8.29. The number of benzene rings is 1. The summed E-state index contributed by atoms with van der Waals surface area (Å²) in [5, 5.41) is 9.37. The predicted molar refractivity (Wildman–Crippen MR) is 93.4 cm³/mol. The first-order valence-electron chi connectivity index (χ1n) is 8.29. The molecule has 1 aromatic carbocycles. The average Bonchev–Trinajstić information content (AvgIpc) is 2.97. The maximum absolute atomic E-state index is 12.9. The Kier molecular flexibility index (Phi) is 5.08. The lowest BCUT2D eigenvalue weighted by Crippen LogP contribution is -2.17. The van der Waals surface area contributed by atoms with E-state index >= 15 is 0 Å². The van der Waals surface area contributed by atoms with Crippen LogP contribution in [0.1, 0.15) is 34.2 Å². The molecular weight excluding hydrogens is 377 g/mol. The van der Waals surface area contributed by atoms with Crippen molar-refractivity contribution in [2.24, 2.45) is 0 Å². The third kappa shape index (κ3) is 4.13. The lowest BCUT2D eigenvalue weighted by atomic mass is 10.0.